The van der Waals surface area contributed by atoms with Crippen LogP contribution < -0.4 is 10.9 Å². The number of hydrogen-bond acceptors (Lipinski definition) is 5. The van der Waals surface area contributed by atoms with Gasteiger partial charge in [0, 0.05) is 20.9 Å². The van der Waals surface area contributed by atoms with E-state index in [4.69, 9.17) is 5.10 Å². The van der Waals surface area contributed by atoms with E-state index in [-0.39, 0.29) is 11.1 Å². The summed E-state index contributed by atoms with van der Waals surface area (Å²) in [5, 5.41) is 10.2. The highest BCUT2D eigenvalue weighted by molar-refractivity contribution is 9.10. The molecule has 5 rings (SSSR count). The molecule has 0 radical (unpaired) electrons. The number of fused-ring (bicyclic) bond motifs is 4. The summed E-state index contributed by atoms with van der Waals surface area (Å²) in [7, 11) is 0. The smallest absolute Gasteiger partial charge is 0.206 e. The van der Waals surface area contributed by atoms with Crippen molar-refractivity contribution in [3.63, 3.8) is 0 Å². The molecule has 3 atom stereocenters. The van der Waals surface area contributed by atoms with Crippen LogP contribution in [0.2, 0.25) is 0 Å². The van der Waals surface area contributed by atoms with Crippen LogP contribution in [0, 0.1) is 16.7 Å². The molecule has 0 aromatic heterocycles. The normalized spacial score (nSPS) is 37.8. The number of rotatable bonds is 1. The van der Waals surface area contributed by atoms with Crippen molar-refractivity contribution < 1.29 is 0 Å². The lowest BCUT2D eigenvalue weighted by Crippen LogP contribution is -2.71. The highest BCUT2D eigenvalue weighted by Crippen LogP contribution is 2.69. The minimum Gasteiger partial charge on any atom is -0.285 e. The number of hydrogen-bond donors (Lipinski definition) is 2. The Balaban J connectivity index is 1.52. The van der Waals surface area contributed by atoms with Gasteiger partial charge < -0.3 is 0 Å². The zero-order valence-corrected chi connectivity index (χ0v) is 17.2. The van der Waals surface area contributed by atoms with Gasteiger partial charge in [0.25, 0.3) is 0 Å². The summed E-state index contributed by atoms with van der Waals surface area (Å²) >= 11 is 5.20. The lowest BCUT2D eigenvalue weighted by atomic mass is 9.66. The first-order valence-electron chi connectivity index (χ1n) is 8.92. The van der Waals surface area contributed by atoms with E-state index < -0.39 is 0 Å². The van der Waals surface area contributed by atoms with Crippen molar-refractivity contribution in [3.8, 4) is 0 Å². The quantitative estimate of drug-likeness (QED) is 0.691. The first-order valence-corrected chi connectivity index (χ1v) is 10.6. The molecule has 1 spiro atoms. The lowest BCUT2D eigenvalue weighted by Gasteiger charge is -2.52. The molecule has 2 bridgehead atoms. The standard InChI is InChI=1S/C19H23BrN4S/c1-17(2)13-8-9-18(17,3)19(10-13)22-21-16-24(23-19)15(11-25-16)12-4-6-14(20)7-5-12/h4-7,11,13,22-23H,8-10H2,1-3H3/t13-,18-,19-/m1/s1. The third-order valence-electron chi connectivity index (χ3n) is 7.42. The average molecular weight is 419 g/mol. The van der Waals surface area contributed by atoms with E-state index in [1.165, 1.54) is 24.1 Å². The maximum atomic E-state index is 4.78. The van der Waals surface area contributed by atoms with E-state index in [0.29, 0.717) is 5.41 Å². The van der Waals surface area contributed by atoms with Gasteiger partial charge in [0.15, 0.2) is 0 Å². The highest BCUT2D eigenvalue weighted by Gasteiger charge is 2.70. The second-order valence-electron chi connectivity index (χ2n) is 8.48. The molecule has 132 valence electrons. The zero-order chi connectivity index (χ0) is 17.4. The molecule has 2 heterocycles. The molecule has 2 fully saturated rings. The van der Waals surface area contributed by atoms with Crippen LogP contribution in [-0.2, 0) is 0 Å². The maximum absolute atomic E-state index is 4.78. The van der Waals surface area contributed by atoms with E-state index in [1.54, 1.807) is 11.8 Å². The largest absolute Gasteiger partial charge is 0.285 e. The monoisotopic (exact) mass is 418 g/mol. The lowest BCUT2D eigenvalue weighted by molar-refractivity contribution is -0.00583. The van der Waals surface area contributed by atoms with Crippen LogP contribution in [0.3, 0.4) is 0 Å². The molecular formula is C19H23BrN4S. The molecule has 1 aromatic rings. The third kappa shape index (κ3) is 1.96. The number of halogens is 1. The molecule has 0 saturated heterocycles. The van der Waals surface area contributed by atoms with Crippen molar-refractivity contribution in [1.82, 2.24) is 15.9 Å². The predicted octanol–water partition coefficient (Wildman–Crippen LogP) is 4.72. The Morgan fingerprint density at radius 3 is 2.64 bits per heavy atom. The van der Waals surface area contributed by atoms with Gasteiger partial charge in [0.1, 0.15) is 5.66 Å². The molecule has 0 unspecified atom stereocenters. The van der Waals surface area contributed by atoms with E-state index in [9.17, 15) is 0 Å². The Kier molecular flexibility index (Phi) is 3.27. The number of hydrazone groups is 1. The van der Waals surface area contributed by atoms with Gasteiger partial charge in [-0.3, -0.25) is 5.43 Å². The van der Waals surface area contributed by atoms with Gasteiger partial charge in [-0.05, 0) is 42.7 Å². The Hall–Kier alpha value is -0.980. The highest BCUT2D eigenvalue weighted by atomic mass is 79.9. The molecule has 4 nitrogen and oxygen atoms in total. The van der Waals surface area contributed by atoms with Crippen molar-refractivity contribution >= 4 is 38.6 Å². The number of nitrogens with zero attached hydrogens (tertiary/aromatic N) is 2. The number of amidine groups is 1. The van der Waals surface area contributed by atoms with Crippen molar-refractivity contribution in [2.75, 3.05) is 0 Å². The Morgan fingerprint density at radius 1 is 1.24 bits per heavy atom. The third-order valence-corrected chi connectivity index (χ3v) is 8.78. The summed E-state index contributed by atoms with van der Waals surface area (Å²) in [5.41, 5.74) is 10.1. The zero-order valence-electron chi connectivity index (χ0n) is 14.8. The van der Waals surface area contributed by atoms with E-state index in [1.807, 2.05) is 0 Å². The molecule has 6 heteroatoms. The molecule has 25 heavy (non-hydrogen) atoms. The maximum Gasteiger partial charge on any atom is 0.206 e. The van der Waals surface area contributed by atoms with Crippen LogP contribution >= 0.6 is 27.7 Å². The van der Waals surface area contributed by atoms with Crippen LogP contribution in [0.5, 0.6) is 0 Å². The van der Waals surface area contributed by atoms with Gasteiger partial charge in [0.05, 0.1) is 5.70 Å². The van der Waals surface area contributed by atoms with Gasteiger partial charge in [-0.1, -0.05) is 60.6 Å². The van der Waals surface area contributed by atoms with Crippen LogP contribution in [0.4, 0.5) is 0 Å². The van der Waals surface area contributed by atoms with Crippen molar-refractivity contribution in [3.05, 3.63) is 39.7 Å². The summed E-state index contributed by atoms with van der Waals surface area (Å²) in [4.78, 5) is 0. The molecule has 4 aliphatic rings. The average Bonchev–Trinajstić information content (AvgIpc) is 3.14. The molecule has 2 saturated carbocycles. The summed E-state index contributed by atoms with van der Waals surface area (Å²) in [6.07, 6.45) is 3.70. The molecule has 2 aliphatic heterocycles. The fourth-order valence-corrected chi connectivity index (χ4v) is 6.40. The molecule has 0 amide bonds. The topological polar surface area (TPSA) is 39.7 Å². The minimum atomic E-state index is -0.164. The SMILES string of the molecule is CC1(C)[C@@H]2CC[C@@]1(C)[C@]1(C2)NN=C2SC=C(c3ccc(Br)cc3)N2N1. The number of nitrogens with one attached hydrogen (secondary N) is 2. The predicted molar refractivity (Wildman–Crippen MR) is 107 cm³/mol. The fourth-order valence-electron chi connectivity index (χ4n) is 5.33. The molecule has 2 N–H and O–H groups in total. The van der Waals surface area contributed by atoms with Gasteiger partial charge >= 0.3 is 0 Å². The Bertz CT molecular complexity index is 802. The van der Waals surface area contributed by atoms with E-state index in [0.717, 1.165) is 22.0 Å². The van der Waals surface area contributed by atoms with Crippen LogP contribution in [0.25, 0.3) is 5.70 Å². The van der Waals surface area contributed by atoms with Gasteiger partial charge in [-0.2, -0.15) is 5.10 Å². The van der Waals surface area contributed by atoms with Gasteiger partial charge in [-0.15, -0.1) is 0 Å². The summed E-state index contributed by atoms with van der Waals surface area (Å²) in [5.74, 6) is 0.740. The fraction of sp³-hybridized carbons (Fsp3) is 0.526. The Labute approximate surface area is 161 Å². The first-order chi connectivity index (χ1) is 11.9. The van der Waals surface area contributed by atoms with Crippen molar-refractivity contribution in [1.29, 1.82) is 0 Å². The second kappa shape index (κ2) is 5.05. The van der Waals surface area contributed by atoms with Crippen LogP contribution in [-0.4, -0.2) is 15.8 Å². The summed E-state index contributed by atoms with van der Waals surface area (Å²) in [6.45, 7) is 7.31. The van der Waals surface area contributed by atoms with E-state index in [2.05, 4.69) is 82.2 Å². The summed E-state index contributed by atoms with van der Waals surface area (Å²) < 4.78 is 1.10. The van der Waals surface area contributed by atoms with Crippen LogP contribution in [0.15, 0.2) is 39.2 Å². The van der Waals surface area contributed by atoms with Crippen LogP contribution in [0.1, 0.15) is 45.6 Å². The van der Waals surface area contributed by atoms with Crippen molar-refractivity contribution in [2.45, 2.75) is 45.7 Å². The second-order valence-corrected chi connectivity index (χ2v) is 10.2. The number of benzene rings is 1. The number of hydrazine groups is 1. The van der Waals surface area contributed by atoms with Crippen molar-refractivity contribution in [2.24, 2.45) is 21.8 Å². The molecule has 1 aromatic carbocycles. The summed E-state index contributed by atoms with van der Waals surface area (Å²) in [6, 6.07) is 8.50. The molecule has 2 aliphatic carbocycles. The van der Waals surface area contributed by atoms with Gasteiger partial charge in [-0.25, -0.2) is 10.4 Å². The first kappa shape index (κ1) is 16.2. The minimum absolute atomic E-state index is 0.164. The van der Waals surface area contributed by atoms with Gasteiger partial charge in [0.2, 0.25) is 5.17 Å². The van der Waals surface area contributed by atoms with E-state index >= 15 is 0 Å². The number of thioether (sulfide) groups is 1. The Morgan fingerprint density at radius 2 is 2.00 bits per heavy atom. The molecular weight excluding hydrogens is 396 g/mol.